The van der Waals surface area contributed by atoms with Crippen molar-refractivity contribution >= 4 is 21.8 Å². The fourth-order valence-corrected chi connectivity index (χ4v) is 6.42. The molecule has 0 unspecified atom stereocenters. The Morgan fingerprint density at radius 1 is 0.923 bits per heavy atom. The van der Waals surface area contributed by atoms with Crippen molar-refractivity contribution in [3.05, 3.63) is 48.2 Å². The van der Waals surface area contributed by atoms with E-state index in [1.165, 1.54) is 57.7 Å². The zero-order chi connectivity index (χ0) is 26.5. The Kier molecular flexibility index (Phi) is 6.30. The number of aromatic nitrogens is 3. The lowest BCUT2D eigenvalue weighted by Crippen LogP contribution is -2.58. The molecule has 0 radical (unpaired) electrons. The lowest BCUT2D eigenvalue weighted by atomic mass is 9.74. The molecule has 3 aliphatic rings. The van der Waals surface area contributed by atoms with E-state index in [0.29, 0.717) is 40.3 Å². The van der Waals surface area contributed by atoms with E-state index in [2.05, 4.69) is 19.9 Å². The van der Waals surface area contributed by atoms with Crippen LogP contribution in [0.5, 0.6) is 23.1 Å². The van der Waals surface area contributed by atoms with Crippen molar-refractivity contribution in [2.75, 3.05) is 13.7 Å². The Labute approximate surface area is 227 Å². The summed E-state index contributed by atoms with van der Waals surface area (Å²) in [7, 11) is 1.62. The smallest absolute Gasteiger partial charge is 0.230 e. The standard InChI is InChI=1S/C31H35FN4O3/c1-18-11-23-25(35-18)9-10-27(30(23)32)39-31-24-14-28(37-2)29(15-26(24)33-17-34-31)38-16-19-12-22(13-19)36(20-5-3-6-20)21-7-4-8-21/h9-11,14-15,17,19-22,35H,3-8,12-13,16H2,1-2H3/t19-,22-. The van der Waals surface area contributed by atoms with Gasteiger partial charge in [0.15, 0.2) is 23.1 Å². The van der Waals surface area contributed by atoms with Gasteiger partial charge in [0.2, 0.25) is 5.88 Å². The summed E-state index contributed by atoms with van der Waals surface area (Å²) in [5, 5.41) is 1.12. The van der Waals surface area contributed by atoms with Crippen molar-refractivity contribution in [1.82, 2.24) is 19.9 Å². The van der Waals surface area contributed by atoms with Crippen LogP contribution in [0.2, 0.25) is 0 Å². The summed E-state index contributed by atoms with van der Waals surface area (Å²) in [6, 6.07) is 11.2. The van der Waals surface area contributed by atoms with Gasteiger partial charge in [-0.15, -0.1) is 0 Å². The van der Waals surface area contributed by atoms with E-state index < -0.39 is 5.82 Å². The molecular weight excluding hydrogens is 495 g/mol. The number of nitrogens with zero attached hydrogens (tertiary/aromatic N) is 3. The third-order valence-electron chi connectivity index (χ3n) is 9.03. The highest BCUT2D eigenvalue weighted by Crippen LogP contribution is 2.43. The lowest BCUT2D eigenvalue weighted by Gasteiger charge is -2.54. The molecule has 0 bridgehead atoms. The largest absolute Gasteiger partial charge is 0.493 e. The molecule has 0 atom stereocenters. The van der Waals surface area contributed by atoms with E-state index >= 15 is 4.39 Å². The number of H-pyrrole nitrogens is 1. The van der Waals surface area contributed by atoms with Crippen molar-refractivity contribution < 1.29 is 18.6 Å². The number of nitrogens with one attached hydrogen (secondary N) is 1. The molecule has 204 valence electrons. The van der Waals surface area contributed by atoms with E-state index in [1.54, 1.807) is 25.3 Å². The van der Waals surface area contributed by atoms with Crippen molar-refractivity contribution in [3.8, 4) is 23.1 Å². The topological polar surface area (TPSA) is 72.5 Å². The van der Waals surface area contributed by atoms with Crippen LogP contribution < -0.4 is 14.2 Å². The summed E-state index contributed by atoms with van der Waals surface area (Å²) in [5.41, 5.74) is 2.27. The summed E-state index contributed by atoms with van der Waals surface area (Å²) in [4.78, 5) is 14.7. The molecule has 0 amide bonds. The molecule has 3 aliphatic carbocycles. The van der Waals surface area contributed by atoms with Crippen LogP contribution >= 0.6 is 0 Å². The van der Waals surface area contributed by atoms with Gasteiger partial charge >= 0.3 is 0 Å². The second kappa shape index (κ2) is 9.97. The minimum absolute atomic E-state index is 0.109. The molecule has 3 fully saturated rings. The van der Waals surface area contributed by atoms with Crippen molar-refractivity contribution in [1.29, 1.82) is 0 Å². The first-order chi connectivity index (χ1) is 19.1. The highest BCUT2D eigenvalue weighted by Gasteiger charge is 2.43. The monoisotopic (exact) mass is 530 g/mol. The first-order valence-corrected chi connectivity index (χ1v) is 14.3. The fraction of sp³-hybridized carbons (Fsp3) is 0.484. The minimum Gasteiger partial charge on any atom is -0.493 e. The quantitative estimate of drug-likeness (QED) is 0.253. The van der Waals surface area contributed by atoms with Crippen LogP contribution in [-0.4, -0.2) is 51.7 Å². The molecule has 0 saturated heterocycles. The number of methoxy groups -OCH3 is 1. The summed E-state index contributed by atoms with van der Waals surface area (Å²) >= 11 is 0. The van der Waals surface area contributed by atoms with Gasteiger partial charge in [0.05, 0.1) is 24.6 Å². The SMILES string of the molecule is COc1cc2c(Oc3ccc4[nH]c(C)cc4c3F)ncnc2cc1OC[C@H]1C[C@H](N(C2CCC2)C2CCC2)C1. The maximum Gasteiger partial charge on any atom is 0.230 e. The van der Waals surface area contributed by atoms with Gasteiger partial charge in [-0.3, -0.25) is 4.90 Å². The molecule has 2 heterocycles. The molecule has 8 heteroatoms. The average molecular weight is 531 g/mol. The summed E-state index contributed by atoms with van der Waals surface area (Å²) < 4.78 is 33.1. The predicted molar refractivity (Wildman–Crippen MR) is 148 cm³/mol. The zero-order valence-electron chi connectivity index (χ0n) is 22.6. The van der Waals surface area contributed by atoms with Crippen LogP contribution in [-0.2, 0) is 0 Å². The first kappa shape index (κ1) is 24.6. The number of benzene rings is 2. The molecule has 2 aromatic carbocycles. The van der Waals surface area contributed by atoms with Gasteiger partial charge in [0, 0.05) is 40.8 Å². The number of hydrogen-bond donors (Lipinski definition) is 1. The maximum atomic E-state index is 15.2. The zero-order valence-corrected chi connectivity index (χ0v) is 22.6. The number of aryl methyl sites for hydroxylation is 1. The number of ether oxygens (including phenoxy) is 3. The average Bonchev–Trinajstić information content (AvgIpc) is 3.23. The van der Waals surface area contributed by atoms with Crippen molar-refractivity contribution in [2.45, 2.75) is 76.4 Å². The van der Waals surface area contributed by atoms with Crippen LogP contribution in [0.15, 0.2) is 36.7 Å². The Morgan fingerprint density at radius 2 is 1.69 bits per heavy atom. The molecule has 7 nitrogen and oxygen atoms in total. The highest BCUT2D eigenvalue weighted by molar-refractivity contribution is 5.87. The van der Waals surface area contributed by atoms with Crippen LogP contribution in [0.3, 0.4) is 0 Å². The first-order valence-electron chi connectivity index (χ1n) is 14.3. The van der Waals surface area contributed by atoms with E-state index in [9.17, 15) is 0 Å². The predicted octanol–water partition coefficient (Wildman–Crippen LogP) is 6.92. The van der Waals surface area contributed by atoms with Crippen LogP contribution in [0.1, 0.15) is 57.1 Å². The molecule has 7 rings (SSSR count). The van der Waals surface area contributed by atoms with Crippen molar-refractivity contribution in [3.63, 3.8) is 0 Å². The van der Waals surface area contributed by atoms with Crippen LogP contribution in [0.25, 0.3) is 21.8 Å². The summed E-state index contributed by atoms with van der Waals surface area (Å²) in [6.07, 6.45) is 12.1. The second-order valence-electron chi connectivity index (χ2n) is 11.5. The van der Waals surface area contributed by atoms with Gasteiger partial charge in [-0.25, -0.2) is 14.4 Å². The molecule has 2 aromatic heterocycles. The number of aromatic amines is 1. The van der Waals surface area contributed by atoms with Gasteiger partial charge in [-0.2, -0.15) is 0 Å². The molecule has 39 heavy (non-hydrogen) atoms. The van der Waals surface area contributed by atoms with Gasteiger partial charge in [0.1, 0.15) is 6.33 Å². The van der Waals surface area contributed by atoms with Crippen molar-refractivity contribution in [2.24, 2.45) is 5.92 Å². The van der Waals surface area contributed by atoms with Crippen LogP contribution in [0, 0.1) is 18.7 Å². The molecule has 1 N–H and O–H groups in total. The van der Waals surface area contributed by atoms with Gasteiger partial charge < -0.3 is 19.2 Å². The van der Waals surface area contributed by atoms with E-state index in [1.807, 2.05) is 19.1 Å². The maximum absolute atomic E-state index is 15.2. The minimum atomic E-state index is -0.428. The fourth-order valence-electron chi connectivity index (χ4n) is 6.42. The number of fused-ring (bicyclic) bond motifs is 2. The van der Waals surface area contributed by atoms with Crippen LogP contribution in [0.4, 0.5) is 4.39 Å². The van der Waals surface area contributed by atoms with Gasteiger partial charge in [0.25, 0.3) is 0 Å². The Bertz CT molecular complexity index is 1490. The highest BCUT2D eigenvalue weighted by atomic mass is 19.1. The molecule has 4 aromatic rings. The van der Waals surface area contributed by atoms with E-state index in [-0.39, 0.29) is 11.6 Å². The third-order valence-corrected chi connectivity index (χ3v) is 9.03. The summed E-state index contributed by atoms with van der Waals surface area (Å²) in [6.45, 7) is 2.56. The van der Waals surface area contributed by atoms with Gasteiger partial charge in [-0.1, -0.05) is 12.8 Å². The Morgan fingerprint density at radius 3 is 2.38 bits per heavy atom. The second-order valence-corrected chi connectivity index (χ2v) is 11.5. The normalized spacial score (nSPS) is 21.5. The molecule has 0 aliphatic heterocycles. The molecule has 0 spiro atoms. The lowest BCUT2D eigenvalue weighted by molar-refractivity contribution is -0.0516. The molecule has 3 saturated carbocycles. The number of halogens is 1. The third kappa shape index (κ3) is 4.48. The Balaban J connectivity index is 1.06. The van der Waals surface area contributed by atoms with E-state index in [0.717, 1.165) is 29.3 Å². The van der Waals surface area contributed by atoms with Gasteiger partial charge in [-0.05, 0) is 75.6 Å². The number of hydrogen-bond acceptors (Lipinski definition) is 6. The number of rotatable bonds is 9. The summed E-state index contributed by atoms with van der Waals surface area (Å²) in [5.74, 6) is 1.74. The molecular formula is C31H35FN4O3. The Hall–Kier alpha value is -3.39. The van der Waals surface area contributed by atoms with E-state index in [4.69, 9.17) is 14.2 Å².